The standard InChI is InChI=1S/C23H19ClO5/c1-26-19-6-5-17-10-15(2-4-18(17)13-19)3-7-22(25)29-14-16-11-20(24)23-21(12-16)27-8-9-28-23/h2-7,10-13H,8-9,14H2,1H3/b7-3+. The zero-order valence-corrected chi connectivity index (χ0v) is 16.6. The highest BCUT2D eigenvalue weighted by Gasteiger charge is 2.17. The summed E-state index contributed by atoms with van der Waals surface area (Å²) in [5, 5.41) is 2.57. The molecule has 1 heterocycles. The summed E-state index contributed by atoms with van der Waals surface area (Å²) in [6.07, 6.45) is 3.13. The van der Waals surface area contributed by atoms with Gasteiger partial charge in [0.2, 0.25) is 0 Å². The summed E-state index contributed by atoms with van der Waals surface area (Å²) < 4.78 is 21.6. The maximum atomic E-state index is 12.1. The van der Waals surface area contributed by atoms with Crippen LogP contribution in [0, 0.1) is 0 Å². The van der Waals surface area contributed by atoms with Gasteiger partial charge in [-0.3, -0.25) is 0 Å². The molecule has 0 saturated carbocycles. The van der Waals surface area contributed by atoms with Crippen LogP contribution in [0.1, 0.15) is 11.1 Å². The Morgan fingerprint density at radius 2 is 1.86 bits per heavy atom. The Kier molecular flexibility index (Phi) is 5.58. The van der Waals surface area contributed by atoms with E-state index in [1.807, 2.05) is 36.4 Å². The number of hydrogen-bond acceptors (Lipinski definition) is 5. The lowest BCUT2D eigenvalue weighted by Crippen LogP contribution is -2.16. The average Bonchev–Trinajstić information content (AvgIpc) is 2.75. The smallest absolute Gasteiger partial charge is 0.331 e. The van der Waals surface area contributed by atoms with Gasteiger partial charge in [-0.25, -0.2) is 4.79 Å². The van der Waals surface area contributed by atoms with E-state index in [0.29, 0.717) is 29.7 Å². The molecule has 0 spiro atoms. The van der Waals surface area contributed by atoms with Crippen LogP contribution in [0.25, 0.3) is 16.8 Å². The van der Waals surface area contributed by atoms with E-state index in [-0.39, 0.29) is 6.61 Å². The molecule has 0 bridgehead atoms. The highest BCUT2D eigenvalue weighted by atomic mass is 35.5. The first-order valence-electron chi connectivity index (χ1n) is 9.13. The SMILES string of the molecule is COc1ccc2cc(/C=C/C(=O)OCc3cc(Cl)c4c(c3)OCCO4)ccc2c1. The van der Waals surface area contributed by atoms with Crippen molar-refractivity contribution in [2.45, 2.75) is 6.61 Å². The molecule has 6 heteroatoms. The molecule has 1 aliphatic rings. The summed E-state index contributed by atoms with van der Waals surface area (Å²) in [6, 6.07) is 15.3. The van der Waals surface area contributed by atoms with Gasteiger partial charge < -0.3 is 18.9 Å². The highest BCUT2D eigenvalue weighted by molar-refractivity contribution is 6.32. The zero-order chi connectivity index (χ0) is 20.2. The fraction of sp³-hybridized carbons (Fsp3) is 0.174. The number of ether oxygens (including phenoxy) is 4. The number of rotatable bonds is 5. The van der Waals surface area contributed by atoms with Crippen LogP contribution in [0.3, 0.4) is 0 Å². The van der Waals surface area contributed by atoms with E-state index < -0.39 is 5.97 Å². The van der Waals surface area contributed by atoms with E-state index in [1.165, 1.54) is 6.08 Å². The molecule has 0 N–H and O–H groups in total. The molecule has 29 heavy (non-hydrogen) atoms. The third-order valence-corrected chi connectivity index (χ3v) is 4.80. The Bertz CT molecular complexity index is 1090. The van der Waals surface area contributed by atoms with Crippen molar-refractivity contribution in [2.75, 3.05) is 20.3 Å². The second kappa shape index (κ2) is 8.45. The fourth-order valence-electron chi connectivity index (χ4n) is 3.09. The first-order chi connectivity index (χ1) is 14.1. The predicted octanol–water partition coefficient (Wildman–Crippen LogP) is 5.03. The summed E-state index contributed by atoms with van der Waals surface area (Å²) in [4.78, 5) is 12.1. The van der Waals surface area contributed by atoms with Crippen LogP contribution in [0.4, 0.5) is 0 Å². The van der Waals surface area contributed by atoms with Crippen molar-refractivity contribution in [3.8, 4) is 17.2 Å². The van der Waals surface area contributed by atoms with Crippen molar-refractivity contribution >= 4 is 34.4 Å². The largest absolute Gasteiger partial charge is 0.497 e. The first kappa shape index (κ1) is 19.2. The second-order valence-electron chi connectivity index (χ2n) is 6.52. The van der Waals surface area contributed by atoms with Crippen molar-refractivity contribution in [1.29, 1.82) is 0 Å². The lowest BCUT2D eigenvalue weighted by molar-refractivity contribution is -0.138. The Labute approximate surface area is 173 Å². The molecule has 0 saturated heterocycles. The lowest BCUT2D eigenvalue weighted by Gasteiger charge is -2.20. The monoisotopic (exact) mass is 410 g/mol. The van der Waals surface area contributed by atoms with Gasteiger partial charge in [0.25, 0.3) is 0 Å². The fourth-order valence-corrected chi connectivity index (χ4v) is 3.38. The van der Waals surface area contributed by atoms with E-state index in [9.17, 15) is 4.79 Å². The third kappa shape index (κ3) is 4.46. The topological polar surface area (TPSA) is 54.0 Å². The van der Waals surface area contributed by atoms with Gasteiger partial charge in [-0.15, -0.1) is 0 Å². The molecule has 5 nitrogen and oxygen atoms in total. The van der Waals surface area contributed by atoms with Crippen LogP contribution >= 0.6 is 11.6 Å². The van der Waals surface area contributed by atoms with E-state index in [0.717, 1.165) is 27.6 Å². The molecular weight excluding hydrogens is 392 g/mol. The van der Waals surface area contributed by atoms with Crippen molar-refractivity contribution < 1.29 is 23.7 Å². The Hall–Kier alpha value is -3.18. The number of esters is 1. The van der Waals surface area contributed by atoms with E-state index in [1.54, 1.807) is 25.3 Å². The number of carbonyl (C=O) groups excluding carboxylic acids is 1. The first-order valence-corrected chi connectivity index (χ1v) is 9.51. The van der Waals surface area contributed by atoms with Crippen molar-refractivity contribution in [1.82, 2.24) is 0 Å². The van der Waals surface area contributed by atoms with Crippen LogP contribution in [0.5, 0.6) is 17.2 Å². The highest BCUT2D eigenvalue weighted by Crippen LogP contribution is 2.38. The molecule has 1 aliphatic heterocycles. The minimum Gasteiger partial charge on any atom is -0.497 e. The van der Waals surface area contributed by atoms with Crippen molar-refractivity contribution in [3.05, 3.63) is 70.8 Å². The minimum atomic E-state index is -0.439. The second-order valence-corrected chi connectivity index (χ2v) is 6.92. The molecule has 0 aromatic heterocycles. The average molecular weight is 411 g/mol. The normalized spacial score (nSPS) is 12.9. The molecule has 0 aliphatic carbocycles. The molecule has 0 fully saturated rings. The Morgan fingerprint density at radius 3 is 2.72 bits per heavy atom. The zero-order valence-electron chi connectivity index (χ0n) is 15.8. The summed E-state index contributed by atoms with van der Waals surface area (Å²) in [6.45, 7) is 1.03. The van der Waals surface area contributed by atoms with Gasteiger partial charge in [-0.05, 0) is 58.3 Å². The van der Waals surface area contributed by atoms with Crippen molar-refractivity contribution in [2.24, 2.45) is 0 Å². The molecule has 0 radical (unpaired) electrons. The van der Waals surface area contributed by atoms with Crippen LogP contribution in [-0.2, 0) is 16.1 Å². The van der Waals surface area contributed by atoms with Gasteiger partial charge in [-0.1, -0.05) is 29.8 Å². The summed E-state index contributed by atoms with van der Waals surface area (Å²) in [5.41, 5.74) is 1.64. The van der Waals surface area contributed by atoms with Crippen LogP contribution in [0.2, 0.25) is 5.02 Å². The molecule has 3 aromatic rings. The summed E-state index contributed by atoms with van der Waals surface area (Å²) >= 11 is 6.20. The number of carbonyl (C=O) groups is 1. The van der Waals surface area contributed by atoms with Gasteiger partial charge in [-0.2, -0.15) is 0 Å². The molecule has 4 rings (SSSR count). The molecule has 3 aromatic carbocycles. The lowest BCUT2D eigenvalue weighted by atomic mass is 10.1. The molecule has 0 unspecified atom stereocenters. The maximum absolute atomic E-state index is 12.1. The molecular formula is C23H19ClO5. The number of halogens is 1. The van der Waals surface area contributed by atoms with Crippen molar-refractivity contribution in [3.63, 3.8) is 0 Å². The minimum absolute atomic E-state index is 0.0943. The van der Waals surface area contributed by atoms with E-state index in [2.05, 4.69) is 0 Å². The molecule has 0 atom stereocenters. The quantitative estimate of drug-likeness (QED) is 0.436. The summed E-state index contributed by atoms with van der Waals surface area (Å²) in [7, 11) is 1.64. The predicted molar refractivity (Wildman–Crippen MR) is 112 cm³/mol. The molecule has 0 amide bonds. The van der Waals surface area contributed by atoms with Gasteiger partial charge >= 0.3 is 5.97 Å². The van der Waals surface area contributed by atoms with Gasteiger partial charge in [0.1, 0.15) is 25.6 Å². The van der Waals surface area contributed by atoms with Crippen LogP contribution in [-0.4, -0.2) is 26.3 Å². The summed E-state index contributed by atoms with van der Waals surface area (Å²) in [5.74, 6) is 1.47. The third-order valence-electron chi connectivity index (χ3n) is 4.52. The Balaban J connectivity index is 1.40. The van der Waals surface area contributed by atoms with Crippen LogP contribution in [0.15, 0.2) is 54.6 Å². The van der Waals surface area contributed by atoms with Gasteiger partial charge in [0.05, 0.1) is 12.1 Å². The van der Waals surface area contributed by atoms with Gasteiger partial charge in [0.15, 0.2) is 11.5 Å². The van der Waals surface area contributed by atoms with E-state index in [4.69, 9.17) is 30.5 Å². The number of methoxy groups -OCH3 is 1. The number of benzene rings is 3. The number of hydrogen-bond donors (Lipinski definition) is 0. The van der Waals surface area contributed by atoms with E-state index >= 15 is 0 Å². The molecule has 148 valence electrons. The van der Waals surface area contributed by atoms with Gasteiger partial charge in [0, 0.05) is 6.08 Å². The number of fused-ring (bicyclic) bond motifs is 2. The van der Waals surface area contributed by atoms with Crippen LogP contribution < -0.4 is 14.2 Å². The Morgan fingerprint density at radius 1 is 1.07 bits per heavy atom. The maximum Gasteiger partial charge on any atom is 0.331 e.